The molecule has 8 aromatic heterocycles. The second-order valence-corrected chi connectivity index (χ2v) is 28.3. The van der Waals surface area contributed by atoms with Crippen molar-refractivity contribution in [2.24, 2.45) is 0 Å². The number of ketones is 1. The van der Waals surface area contributed by atoms with Gasteiger partial charge in [-0.25, -0.2) is 110 Å². The first-order chi connectivity index (χ1) is 53.4. The molecule has 0 aliphatic heterocycles. The number of nitrogen functional groups attached to an aromatic ring is 2. The highest BCUT2D eigenvalue weighted by atomic mass is 35.5. The van der Waals surface area contributed by atoms with E-state index >= 15 is 8.78 Å². The molecule has 0 atom stereocenters. The van der Waals surface area contributed by atoms with E-state index in [0.717, 1.165) is 84.6 Å². The Kier molecular flexibility index (Phi) is 26.7. The third-order valence-electron chi connectivity index (χ3n) is 15.6. The number of carbonyl (C=O) groups excluding carboxylic acids is 1. The Morgan fingerprint density at radius 2 is 0.807 bits per heavy atom. The zero-order valence-electron chi connectivity index (χ0n) is 58.5. The van der Waals surface area contributed by atoms with E-state index < -0.39 is 126 Å². The van der Waals surface area contributed by atoms with Crippen LogP contribution in [0.1, 0.15) is 16.1 Å². The minimum Gasteiger partial charge on any atom is -0.497 e. The normalized spacial score (nSPS) is 11.1. The van der Waals surface area contributed by atoms with E-state index in [1.165, 1.54) is 69.2 Å². The minimum absolute atomic E-state index is 0. The summed E-state index contributed by atoms with van der Waals surface area (Å²) in [5.74, 6) is -9.74. The largest absolute Gasteiger partial charge is 0.497 e. The molecule has 0 saturated carbocycles. The SMILES string of the molecule is COc1ccn2c(-c3ccnc(Cl)n3)c(-c3cccc(NS(=O)(=O)c4c(F)cccc4F)c3F)nc2c1.COc1ccn2c(-c3ccnc(N)n3)c(-c3cccc(NS(=O)(=O)c4c(F)cccc4F)c3F)nc2c1.COc1ccnc(N)c1.N.O.O=C(Cc1ccnc(Cl)n1)c1cccc(NS(=O)(=O)c2c(F)cccc2F)c1F. The highest BCUT2D eigenvalue weighted by Gasteiger charge is 2.32. The zero-order chi connectivity index (χ0) is 80.5. The first-order valence-electron chi connectivity index (χ1n) is 31.6. The van der Waals surface area contributed by atoms with E-state index in [2.05, 4.69) is 44.9 Å². The monoisotopic (exact) mass is 1670 g/mol. The molecule has 0 spiro atoms. The summed E-state index contributed by atoms with van der Waals surface area (Å²) in [7, 11) is -9.87. The van der Waals surface area contributed by atoms with Crippen molar-refractivity contribution in [2.75, 3.05) is 47.0 Å². The molecule has 0 amide bonds. The number of anilines is 5. The van der Waals surface area contributed by atoms with Gasteiger partial charge in [-0.3, -0.25) is 27.8 Å². The maximum atomic E-state index is 15.8. The van der Waals surface area contributed by atoms with Crippen LogP contribution in [0.5, 0.6) is 17.2 Å². The summed E-state index contributed by atoms with van der Waals surface area (Å²) in [6, 6.07) is 33.3. The van der Waals surface area contributed by atoms with E-state index in [1.807, 2.05) is 9.44 Å². The summed E-state index contributed by atoms with van der Waals surface area (Å²) in [6.45, 7) is 0. The van der Waals surface area contributed by atoms with Gasteiger partial charge < -0.3 is 37.3 Å². The molecule has 14 aromatic rings. The molecule has 6 aromatic carbocycles. The molecule has 14 rings (SSSR count). The molecule has 114 heavy (non-hydrogen) atoms. The number of rotatable bonds is 19. The van der Waals surface area contributed by atoms with Crippen LogP contribution >= 0.6 is 23.2 Å². The molecule has 42 heteroatoms. The van der Waals surface area contributed by atoms with Crippen molar-refractivity contribution in [1.29, 1.82) is 0 Å². The van der Waals surface area contributed by atoms with Crippen molar-refractivity contribution in [1.82, 2.24) is 59.8 Å². The molecule has 590 valence electrons. The number of ether oxygens (including phenoxy) is 3. The summed E-state index contributed by atoms with van der Waals surface area (Å²) in [5.41, 5.74) is 11.2. The average Bonchev–Trinajstić information content (AvgIpc) is 1.59. The molecule has 0 radical (unpaired) electrons. The van der Waals surface area contributed by atoms with Gasteiger partial charge in [0.25, 0.3) is 30.1 Å². The number of fused-ring (bicyclic) bond motifs is 2. The maximum absolute atomic E-state index is 15.8. The third kappa shape index (κ3) is 18.9. The predicted molar refractivity (Wildman–Crippen MR) is 403 cm³/mol. The van der Waals surface area contributed by atoms with Crippen LogP contribution in [0.25, 0.3) is 56.6 Å². The van der Waals surface area contributed by atoms with Gasteiger partial charge in [-0.05, 0) is 132 Å². The number of sulfonamides is 3. The number of hydrogen-bond acceptors (Lipinski definition) is 22. The van der Waals surface area contributed by atoms with Crippen molar-refractivity contribution >= 4 is 99.2 Å². The lowest BCUT2D eigenvalue weighted by atomic mass is 10.1. The van der Waals surface area contributed by atoms with Gasteiger partial charge in [0, 0.05) is 66.5 Å². The Morgan fingerprint density at radius 1 is 0.439 bits per heavy atom. The number of hydrogen-bond donors (Lipinski definition) is 6. The van der Waals surface area contributed by atoms with Crippen molar-refractivity contribution in [3.8, 4) is 62.5 Å². The van der Waals surface area contributed by atoms with Crippen LogP contribution < -0.4 is 46.0 Å². The molecule has 28 nitrogen and oxygen atoms in total. The minimum atomic E-state index is -4.82. The van der Waals surface area contributed by atoms with E-state index in [-0.39, 0.29) is 62.8 Å². The number of imidazole rings is 2. The van der Waals surface area contributed by atoms with Gasteiger partial charge in [0.05, 0.1) is 78.8 Å². The van der Waals surface area contributed by atoms with Crippen LogP contribution in [0.4, 0.5) is 68.3 Å². The van der Waals surface area contributed by atoms with Crippen LogP contribution in [0, 0.1) is 52.4 Å². The smallest absolute Gasteiger partial charge is 0.267 e. The average molecular weight is 1670 g/mol. The highest BCUT2D eigenvalue weighted by Crippen LogP contribution is 2.40. The van der Waals surface area contributed by atoms with Crippen molar-refractivity contribution in [3.05, 3.63) is 275 Å². The number of pyridine rings is 3. The standard InChI is InChI=1S/C24H15ClF3N5O3S.C24H17F3N6O3S.C18H11ClF3N3O3S.C6H8N2O.H3N.H2O/c1-36-13-9-11-33-19(12-13)31-21(22(33)18-8-10-29-24(25)30-18)14-4-2-7-17(20(14)28)32-37(34,35)23-15(26)5-3-6-16(23)27;1-36-13-9-11-33-19(12-13)31-21(22(33)18-8-10-29-24(28)30-18)14-4-2-7-17(20(14)27)32-37(34,35)23-15(25)5-3-6-16(23)26;19-18-23-8-7-10(24-18)9-15(26)11-3-1-6-14(16(11)22)25-29(27,28)17-12(20)4-2-5-13(17)21;1-9-5-2-3-8-6(7)4-5;;/h2-12,32H,1H3;2-12,32H,1H3,(H2,28,29,30);1-8,25H,9H2;2-4H,1H3,(H2,7,8);1H3;1H2. The summed E-state index contributed by atoms with van der Waals surface area (Å²) < 4.78 is 231. The van der Waals surface area contributed by atoms with Crippen LogP contribution in [-0.2, 0) is 36.5 Å². The first-order valence-corrected chi connectivity index (χ1v) is 36.8. The Balaban J connectivity index is 0.000000185. The van der Waals surface area contributed by atoms with Gasteiger partial charge in [-0.15, -0.1) is 0 Å². The lowest BCUT2D eigenvalue weighted by Gasteiger charge is -2.12. The third-order valence-corrected chi connectivity index (χ3v) is 20.2. The van der Waals surface area contributed by atoms with E-state index in [0.29, 0.717) is 51.4 Å². The molecule has 0 aliphatic carbocycles. The Labute approximate surface area is 650 Å². The van der Waals surface area contributed by atoms with Crippen molar-refractivity contribution in [3.63, 3.8) is 0 Å². The van der Waals surface area contributed by atoms with Gasteiger partial charge in [0.1, 0.15) is 80.7 Å². The quantitative estimate of drug-likeness (QED) is 0.0249. The number of benzene rings is 6. The van der Waals surface area contributed by atoms with Crippen molar-refractivity contribution < 1.29 is 89.2 Å². The van der Waals surface area contributed by atoms with Crippen LogP contribution in [0.3, 0.4) is 0 Å². The van der Waals surface area contributed by atoms with Gasteiger partial charge in [0.15, 0.2) is 37.9 Å². The van der Waals surface area contributed by atoms with Gasteiger partial charge >= 0.3 is 0 Å². The summed E-state index contributed by atoms with van der Waals surface area (Å²) in [6.07, 6.45) is 8.73. The maximum Gasteiger partial charge on any atom is 0.267 e. The lowest BCUT2D eigenvalue weighted by Crippen LogP contribution is -2.18. The number of Topliss-reactive ketones (excluding diaryl/α,β-unsaturated/α-hetero) is 1. The van der Waals surface area contributed by atoms with Crippen LogP contribution in [0.2, 0.25) is 10.6 Å². The number of nitrogens with one attached hydrogen (secondary N) is 3. The van der Waals surface area contributed by atoms with Gasteiger partial charge in [-0.1, -0.05) is 36.4 Å². The summed E-state index contributed by atoms with van der Waals surface area (Å²) >= 11 is 11.6. The molecular formula is C72H56Cl2F9N17O11S3. The summed E-state index contributed by atoms with van der Waals surface area (Å²) in [4.78, 5) is 45.2. The Hall–Kier alpha value is -13.1. The molecular weight excluding hydrogens is 1620 g/mol. The molecule has 0 saturated heterocycles. The molecule has 0 fully saturated rings. The van der Waals surface area contributed by atoms with E-state index in [9.17, 15) is 60.8 Å². The van der Waals surface area contributed by atoms with Gasteiger partial charge in [-0.2, -0.15) is 0 Å². The summed E-state index contributed by atoms with van der Waals surface area (Å²) in [5, 5.41) is -0.148. The number of carbonyl (C=O) groups is 1. The fourth-order valence-electron chi connectivity index (χ4n) is 10.6. The molecule has 12 N–H and O–H groups in total. The second kappa shape index (κ2) is 35.9. The number of halogens is 11. The fourth-order valence-corrected chi connectivity index (χ4v) is 14.6. The highest BCUT2D eigenvalue weighted by molar-refractivity contribution is 7.93. The topological polar surface area (TPSA) is 427 Å². The van der Waals surface area contributed by atoms with Crippen LogP contribution in [-0.4, -0.2) is 111 Å². The van der Waals surface area contributed by atoms with Crippen LogP contribution in [0.15, 0.2) is 216 Å². The number of methoxy groups -OCH3 is 3. The lowest BCUT2D eigenvalue weighted by molar-refractivity contribution is 0.0988. The van der Waals surface area contributed by atoms with Gasteiger partial charge in [0.2, 0.25) is 16.5 Å². The molecule has 0 unspecified atom stereocenters. The second-order valence-electron chi connectivity index (χ2n) is 22.7. The van der Waals surface area contributed by atoms with Crippen molar-refractivity contribution in [2.45, 2.75) is 21.1 Å². The predicted octanol–water partition coefficient (Wildman–Crippen LogP) is 13.4. The number of aromatic nitrogens is 11. The first kappa shape index (κ1) is 84.9. The Bertz CT molecular complexity index is 6010. The molecule has 8 heterocycles. The fraction of sp³-hybridized carbons (Fsp3) is 0.0556. The number of nitrogens with zero attached hydrogens (tertiary/aromatic N) is 11. The number of nitrogens with two attached hydrogens (primary N) is 2. The van der Waals surface area contributed by atoms with E-state index in [1.54, 1.807) is 87.8 Å². The molecule has 0 aliphatic rings. The van der Waals surface area contributed by atoms with E-state index in [4.69, 9.17) is 48.9 Å². The Morgan fingerprint density at radius 3 is 1.20 bits per heavy atom. The zero-order valence-corrected chi connectivity index (χ0v) is 62.5. The molecule has 0 bridgehead atoms.